The standard InChI is InChI=1S/C7H8ClN3/c1-11-3-2-5-6(8)9-4-10-7(5)11/h4H,2-3H2,1H3. The fourth-order valence-electron chi connectivity index (χ4n) is 1.31. The molecule has 0 saturated heterocycles. The maximum absolute atomic E-state index is 5.86. The van der Waals surface area contributed by atoms with Gasteiger partial charge in [-0.15, -0.1) is 0 Å². The average Bonchev–Trinajstić information content (AvgIpc) is 2.35. The first-order valence-corrected chi connectivity index (χ1v) is 3.87. The molecule has 0 aromatic carbocycles. The van der Waals surface area contributed by atoms with Gasteiger partial charge in [-0.25, -0.2) is 9.97 Å². The summed E-state index contributed by atoms with van der Waals surface area (Å²) in [6.07, 6.45) is 2.47. The smallest absolute Gasteiger partial charge is 0.137 e. The zero-order valence-electron chi connectivity index (χ0n) is 6.21. The van der Waals surface area contributed by atoms with E-state index in [9.17, 15) is 0 Å². The number of anilines is 1. The highest BCUT2D eigenvalue weighted by Gasteiger charge is 2.19. The van der Waals surface area contributed by atoms with Gasteiger partial charge in [-0.3, -0.25) is 0 Å². The summed E-state index contributed by atoms with van der Waals surface area (Å²) < 4.78 is 0. The molecule has 0 radical (unpaired) electrons. The molecule has 0 atom stereocenters. The third kappa shape index (κ3) is 0.959. The van der Waals surface area contributed by atoms with Crippen molar-refractivity contribution >= 4 is 17.4 Å². The topological polar surface area (TPSA) is 29.0 Å². The molecule has 1 aliphatic heterocycles. The molecular weight excluding hydrogens is 162 g/mol. The molecule has 4 heteroatoms. The molecule has 0 bridgehead atoms. The van der Waals surface area contributed by atoms with Crippen molar-refractivity contribution in [1.82, 2.24) is 9.97 Å². The van der Waals surface area contributed by atoms with Crippen LogP contribution in [0.15, 0.2) is 6.33 Å². The van der Waals surface area contributed by atoms with Gasteiger partial charge in [0.25, 0.3) is 0 Å². The average molecular weight is 170 g/mol. The Balaban J connectivity index is 2.57. The number of fused-ring (bicyclic) bond motifs is 1. The van der Waals surface area contributed by atoms with Crippen LogP contribution in [0.4, 0.5) is 5.82 Å². The number of aromatic nitrogens is 2. The number of halogens is 1. The highest BCUT2D eigenvalue weighted by Crippen LogP contribution is 2.27. The fraction of sp³-hybridized carbons (Fsp3) is 0.429. The van der Waals surface area contributed by atoms with Gasteiger partial charge in [0.2, 0.25) is 0 Å². The van der Waals surface area contributed by atoms with Crippen molar-refractivity contribution in [2.24, 2.45) is 0 Å². The fourth-order valence-corrected chi connectivity index (χ4v) is 1.53. The predicted molar refractivity (Wildman–Crippen MR) is 44.0 cm³/mol. The summed E-state index contributed by atoms with van der Waals surface area (Å²) in [6.45, 7) is 0.994. The van der Waals surface area contributed by atoms with E-state index in [-0.39, 0.29) is 0 Å². The molecule has 1 aliphatic rings. The largest absolute Gasteiger partial charge is 0.359 e. The first kappa shape index (κ1) is 6.85. The van der Waals surface area contributed by atoms with Crippen molar-refractivity contribution in [1.29, 1.82) is 0 Å². The maximum atomic E-state index is 5.86. The first-order chi connectivity index (χ1) is 5.29. The summed E-state index contributed by atoms with van der Waals surface area (Å²) in [5, 5.41) is 0.597. The van der Waals surface area contributed by atoms with Crippen LogP contribution in [-0.4, -0.2) is 23.6 Å². The third-order valence-electron chi connectivity index (χ3n) is 1.93. The Morgan fingerprint density at radius 2 is 2.36 bits per heavy atom. The Hall–Kier alpha value is -0.830. The van der Waals surface area contributed by atoms with E-state index >= 15 is 0 Å². The van der Waals surface area contributed by atoms with Crippen molar-refractivity contribution in [3.8, 4) is 0 Å². The van der Waals surface area contributed by atoms with E-state index in [4.69, 9.17) is 11.6 Å². The number of rotatable bonds is 0. The van der Waals surface area contributed by atoms with Gasteiger partial charge in [0, 0.05) is 19.2 Å². The Kier molecular flexibility index (Phi) is 1.46. The highest BCUT2D eigenvalue weighted by molar-refractivity contribution is 6.30. The molecule has 58 valence electrons. The number of hydrogen-bond donors (Lipinski definition) is 0. The van der Waals surface area contributed by atoms with E-state index in [0.717, 1.165) is 24.3 Å². The molecule has 1 aromatic rings. The summed E-state index contributed by atoms with van der Waals surface area (Å²) in [5.41, 5.74) is 1.08. The molecular formula is C7H8ClN3. The summed E-state index contributed by atoms with van der Waals surface area (Å²) in [7, 11) is 2.01. The van der Waals surface area contributed by atoms with Crippen LogP contribution in [0.2, 0.25) is 5.15 Å². The van der Waals surface area contributed by atoms with Crippen LogP contribution >= 0.6 is 11.6 Å². The molecule has 0 saturated carbocycles. The van der Waals surface area contributed by atoms with Crippen LogP contribution in [0.1, 0.15) is 5.56 Å². The van der Waals surface area contributed by atoms with Gasteiger partial charge in [0.15, 0.2) is 0 Å². The van der Waals surface area contributed by atoms with Gasteiger partial charge >= 0.3 is 0 Å². The molecule has 0 amide bonds. The lowest BCUT2D eigenvalue weighted by Crippen LogP contribution is -2.13. The van der Waals surface area contributed by atoms with Crippen LogP contribution in [-0.2, 0) is 6.42 Å². The maximum Gasteiger partial charge on any atom is 0.137 e. The summed E-state index contributed by atoms with van der Waals surface area (Å²) >= 11 is 5.86. The first-order valence-electron chi connectivity index (χ1n) is 3.49. The van der Waals surface area contributed by atoms with E-state index in [1.807, 2.05) is 7.05 Å². The van der Waals surface area contributed by atoms with E-state index in [1.165, 1.54) is 6.33 Å². The minimum atomic E-state index is 0.597. The van der Waals surface area contributed by atoms with Crippen LogP contribution in [0, 0.1) is 0 Å². The van der Waals surface area contributed by atoms with Gasteiger partial charge in [0.1, 0.15) is 17.3 Å². The van der Waals surface area contributed by atoms with E-state index < -0.39 is 0 Å². The van der Waals surface area contributed by atoms with E-state index in [1.54, 1.807) is 0 Å². The van der Waals surface area contributed by atoms with Crippen molar-refractivity contribution < 1.29 is 0 Å². The second-order valence-corrected chi connectivity index (χ2v) is 3.00. The lowest BCUT2D eigenvalue weighted by molar-refractivity contribution is 0.945. The van der Waals surface area contributed by atoms with Crippen LogP contribution in [0.25, 0.3) is 0 Å². The Morgan fingerprint density at radius 3 is 3.09 bits per heavy atom. The second-order valence-electron chi connectivity index (χ2n) is 2.64. The van der Waals surface area contributed by atoms with Gasteiger partial charge in [-0.05, 0) is 6.42 Å². The Bertz CT molecular complexity index is 287. The number of nitrogens with zero attached hydrogens (tertiary/aromatic N) is 3. The quantitative estimate of drug-likeness (QED) is 0.545. The van der Waals surface area contributed by atoms with Gasteiger partial charge in [-0.1, -0.05) is 11.6 Å². The number of hydrogen-bond acceptors (Lipinski definition) is 3. The van der Waals surface area contributed by atoms with Gasteiger partial charge in [-0.2, -0.15) is 0 Å². The van der Waals surface area contributed by atoms with Crippen molar-refractivity contribution in [2.75, 3.05) is 18.5 Å². The Labute approximate surface area is 70.0 Å². The van der Waals surface area contributed by atoms with Crippen molar-refractivity contribution in [2.45, 2.75) is 6.42 Å². The zero-order valence-corrected chi connectivity index (χ0v) is 6.97. The molecule has 0 fully saturated rings. The van der Waals surface area contributed by atoms with Crippen LogP contribution < -0.4 is 4.90 Å². The van der Waals surface area contributed by atoms with E-state index in [2.05, 4.69) is 14.9 Å². The molecule has 3 nitrogen and oxygen atoms in total. The summed E-state index contributed by atoms with van der Waals surface area (Å²) in [5.74, 6) is 0.977. The zero-order chi connectivity index (χ0) is 7.84. The SMILES string of the molecule is CN1CCc2c(Cl)ncnc21. The Morgan fingerprint density at radius 1 is 1.55 bits per heavy atom. The molecule has 0 aliphatic carbocycles. The van der Waals surface area contributed by atoms with Crippen molar-refractivity contribution in [3.63, 3.8) is 0 Å². The number of likely N-dealkylation sites (N-methyl/N-ethyl adjacent to an activating group) is 1. The summed E-state index contributed by atoms with van der Waals surface area (Å²) in [6, 6.07) is 0. The monoisotopic (exact) mass is 169 g/mol. The lowest BCUT2D eigenvalue weighted by atomic mass is 10.3. The minimum Gasteiger partial charge on any atom is -0.359 e. The van der Waals surface area contributed by atoms with Gasteiger partial charge in [0.05, 0.1) is 0 Å². The minimum absolute atomic E-state index is 0.597. The molecule has 0 N–H and O–H groups in total. The van der Waals surface area contributed by atoms with Crippen molar-refractivity contribution in [3.05, 3.63) is 17.0 Å². The van der Waals surface area contributed by atoms with E-state index in [0.29, 0.717) is 5.15 Å². The molecule has 11 heavy (non-hydrogen) atoms. The predicted octanol–water partition coefficient (Wildman–Crippen LogP) is 1.12. The molecule has 2 heterocycles. The van der Waals surface area contributed by atoms with Gasteiger partial charge < -0.3 is 4.90 Å². The summed E-state index contributed by atoms with van der Waals surface area (Å²) in [4.78, 5) is 10.1. The molecule has 2 rings (SSSR count). The third-order valence-corrected chi connectivity index (χ3v) is 2.25. The second kappa shape index (κ2) is 2.34. The lowest BCUT2D eigenvalue weighted by Gasteiger charge is -2.08. The molecule has 0 spiro atoms. The molecule has 0 unspecified atom stereocenters. The van der Waals surface area contributed by atoms with Crippen LogP contribution in [0.3, 0.4) is 0 Å². The normalized spacial score (nSPS) is 15.3. The highest BCUT2D eigenvalue weighted by atomic mass is 35.5. The molecule has 1 aromatic heterocycles. The van der Waals surface area contributed by atoms with Crippen LogP contribution in [0.5, 0.6) is 0 Å².